The quantitative estimate of drug-likeness (QED) is 0.865. The Labute approximate surface area is 91.6 Å². The van der Waals surface area contributed by atoms with Gasteiger partial charge in [-0.15, -0.1) is 11.3 Å². The summed E-state index contributed by atoms with van der Waals surface area (Å²) in [6.07, 6.45) is 0. The van der Waals surface area contributed by atoms with E-state index in [4.69, 9.17) is 11.6 Å². The molecule has 0 aliphatic heterocycles. The van der Waals surface area contributed by atoms with Crippen LogP contribution in [0, 0.1) is 0 Å². The summed E-state index contributed by atoms with van der Waals surface area (Å²) in [5.41, 5.74) is 2.07. The van der Waals surface area contributed by atoms with E-state index in [2.05, 4.69) is 10.3 Å². The van der Waals surface area contributed by atoms with Crippen LogP contribution in [-0.4, -0.2) is 4.98 Å². The van der Waals surface area contributed by atoms with Crippen LogP contribution in [0.15, 0.2) is 35.7 Å². The molecule has 0 aliphatic rings. The average Bonchev–Trinajstić information content (AvgIpc) is 2.63. The van der Waals surface area contributed by atoms with Gasteiger partial charge in [-0.3, -0.25) is 0 Å². The van der Waals surface area contributed by atoms with Crippen molar-refractivity contribution in [2.45, 2.75) is 6.54 Å². The van der Waals surface area contributed by atoms with Crippen molar-refractivity contribution in [1.29, 1.82) is 0 Å². The Morgan fingerprint density at radius 1 is 1.29 bits per heavy atom. The summed E-state index contributed by atoms with van der Waals surface area (Å²) < 4.78 is 0.592. The Morgan fingerprint density at radius 2 is 2.07 bits per heavy atom. The molecule has 2 aromatic rings. The fraction of sp³-hybridized carbons (Fsp3) is 0.100. The Balaban J connectivity index is 1.95. The number of hydrogen-bond acceptors (Lipinski definition) is 3. The number of thiazole rings is 1. The minimum absolute atomic E-state index is 0.592. The molecule has 0 aliphatic carbocycles. The van der Waals surface area contributed by atoms with E-state index in [-0.39, 0.29) is 0 Å². The molecule has 1 N–H and O–H groups in total. The van der Waals surface area contributed by atoms with Crippen LogP contribution in [0.25, 0.3) is 0 Å². The third-order valence-electron chi connectivity index (χ3n) is 1.77. The maximum Gasteiger partial charge on any atom is 0.183 e. The average molecular weight is 225 g/mol. The van der Waals surface area contributed by atoms with Gasteiger partial charge in [-0.1, -0.05) is 29.8 Å². The zero-order valence-electron chi connectivity index (χ0n) is 7.40. The predicted molar refractivity (Wildman–Crippen MR) is 60.9 cm³/mol. The fourth-order valence-electron chi connectivity index (χ4n) is 1.11. The monoisotopic (exact) mass is 224 g/mol. The molecule has 0 fully saturated rings. The lowest BCUT2D eigenvalue weighted by molar-refractivity contribution is 1.07. The molecular formula is C10H9ClN2S. The van der Waals surface area contributed by atoms with E-state index in [9.17, 15) is 0 Å². The number of para-hydroxylation sites is 1. The number of halogens is 1. The van der Waals surface area contributed by atoms with E-state index >= 15 is 0 Å². The van der Waals surface area contributed by atoms with Crippen LogP contribution in [0.4, 0.5) is 5.69 Å². The number of aromatic nitrogens is 1. The van der Waals surface area contributed by atoms with E-state index in [0.29, 0.717) is 11.0 Å². The number of nitrogens with zero attached hydrogens (tertiary/aromatic N) is 1. The molecule has 0 saturated heterocycles. The van der Waals surface area contributed by atoms with E-state index in [0.717, 1.165) is 11.4 Å². The van der Waals surface area contributed by atoms with Crippen LogP contribution < -0.4 is 5.32 Å². The highest BCUT2D eigenvalue weighted by atomic mass is 35.5. The fourth-order valence-corrected chi connectivity index (χ4v) is 1.89. The summed E-state index contributed by atoms with van der Waals surface area (Å²) in [6.45, 7) is 0.716. The van der Waals surface area contributed by atoms with Gasteiger partial charge in [0.15, 0.2) is 4.47 Å². The van der Waals surface area contributed by atoms with Crippen molar-refractivity contribution < 1.29 is 0 Å². The van der Waals surface area contributed by atoms with Crippen molar-refractivity contribution in [3.8, 4) is 0 Å². The van der Waals surface area contributed by atoms with E-state index in [1.165, 1.54) is 11.3 Å². The topological polar surface area (TPSA) is 24.9 Å². The highest BCUT2D eigenvalue weighted by molar-refractivity contribution is 7.13. The van der Waals surface area contributed by atoms with Gasteiger partial charge in [-0.25, -0.2) is 4.98 Å². The maximum atomic E-state index is 5.72. The van der Waals surface area contributed by atoms with Crippen molar-refractivity contribution in [2.24, 2.45) is 0 Å². The van der Waals surface area contributed by atoms with Crippen molar-refractivity contribution in [1.82, 2.24) is 4.98 Å². The number of benzene rings is 1. The molecule has 0 amide bonds. The Kier molecular flexibility index (Phi) is 3.01. The van der Waals surface area contributed by atoms with Crippen molar-refractivity contribution in [2.75, 3.05) is 5.32 Å². The van der Waals surface area contributed by atoms with Gasteiger partial charge in [-0.2, -0.15) is 0 Å². The zero-order valence-corrected chi connectivity index (χ0v) is 8.98. The molecule has 1 heterocycles. The van der Waals surface area contributed by atoms with Crippen LogP contribution in [0.5, 0.6) is 0 Å². The number of nitrogens with one attached hydrogen (secondary N) is 1. The summed E-state index contributed by atoms with van der Waals surface area (Å²) in [5, 5.41) is 5.22. The lowest BCUT2D eigenvalue weighted by Crippen LogP contribution is -1.98. The van der Waals surface area contributed by atoms with Crippen LogP contribution >= 0.6 is 22.9 Å². The largest absolute Gasteiger partial charge is 0.379 e. The van der Waals surface area contributed by atoms with Gasteiger partial charge in [0.1, 0.15) is 0 Å². The van der Waals surface area contributed by atoms with Crippen molar-refractivity contribution >= 4 is 28.6 Å². The second-order valence-electron chi connectivity index (χ2n) is 2.81. The minimum atomic E-state index is 0.592. The molecule has 0 spiro atoms. The molecule has 0 radical (unpaired) electrons. The molecule has 0 unspecified atom stereocenters. The minimum Gasteiger partial charge on any atom is -0.379 e. The molecule has 1 aromatic carbocycles. The SMILES string of the molecule is Clc1nc(CNc2ccccc2)cs1. The van der Waals surface area contributed by atoms with Crippen LogP contribution in [-0.2, 0) is 6.54 Å². The Morgan fingerprint density at radius 3 is 2.71 bits per heavy atom. The molecule has 0 bridgehead atoms. The number of rotatable bonds is 3. The lowest BCUT2D eigenvalue weighted by atomic mass is 10.3. The summed E-state index contributed by atoms with van der Waals surface area (Å²) in [7, 11) is 0. The standard InChI is InChI=1S/C10H9ClN2S/c11-10-13-9(7-14-10)6-12-8-4-2-1-3-5-8/h1-5,7,12H,6H2. The van der Waals surface area contributed by atoms with E-state index in [1.807, 2.05) is 35.7 Å². The first-order chi connectivity index (χ1) is 6.84. The van der Waals surface area contributed by atoms with Crippen LogP contribution in [0.2, 0.25) is 4.47 Å². The first kappa shape index (κ1) is 9.49. The highest BCUT2D eigenvalue weighted by Crippen LogP contribution is 2.16. The molecule has 2 nitrogen and oxygen atoms in total. The van der Waals surface area contributed by atoms with Gasteiger partial charge >= 0.3 is 0 Å². The summed E-state index contributed by atoms with van der Waals surface area (Å²) in [6, 6.07) is 10.0. The first-order valence-corrected chi connectivity index (χ1v) is 5.49. The highest BCUT2D eigenvalue weighted by Gasteiger charge is 1.98. The molecule has 4 heteroatoms. The van der Waals surface area contributed by atoms with Gasteiger partial charge in [0.2, 0.25) is 0 Å². The Bertz CT molecular complexity index is 400. The summed E-state index contributed by atoms with van der Waals surface area (Å²) in [4.78, 5) is 4.15. The molecule has 1 aromatic heterocycles. The number of hydrogen-bond donors (Lipinski definition) is 1. The first-order valence-electron chi connectivity index (χ1n) is 4.23. The van der Waals surface area contributed by atoms with Crippen LogP contribution in [0.1, 0.15) is 5.69 Å². The molecular weight excluding hydrogens is 216 g/mol. The predicted octanol–water partition coefficient (Wildman–Crippen LogP) is 3.41. The third kappa shape index (κ3) is 2.47. The van der Waals surface area contributed by atoms with Gasteiger partial charge in [0, 0.05) is 11.1 Å². The van der Waals surface area contributed by atoms with Gasteiger partial charge in [0.05, 0.1) is 12.2 Å². The normalized spacial score (nSPS) is 10.1. The summed E-state index contributed by atoms with van der Waals surface area (Å²) in [5.74, 6) is 0. The lowest BCUT2D eigenvalue weighted by Gasteiger charge is -2.02. The van der Waals surface area contributed by atoms with Gasteiger partial charge < -0.3 is 5.32 Å². The van der Waals surface area contributed by atoms with Crippen molar-refractivity contribution in [3.05, 3.63) is 45.9 Å². The molecule has 72 valence electrons. The molecule has 2 rings (SSSR count). The summed E-state index contributed by atoms with van der Waals surface area (Å²) >= 11 is 7.18. The third-order valence-corrected chi connectivity index (χ3v) is 2.80. The maximum absolute atomic E-state index is 5.72. The smallest absolute Gasteiger partial charge is 0.183 e. The Hall–Kier alpha value is -1.06. The second-order valence-corrected chi connectivity index (χ2v) is 4.25. The van der Waals surface area contributed by atoms with Crippen molar-refractivity contribution in [3.63, 3.8) is 0 Å². The second kappa shape index (κ2) is 4.44. The molecule has 0 atom stereocenters. The van der Waals surface area contributed by atoms with Crippen LogP contribution in [0.3, 0.4) is 0 Å². The molecule has 0 saturated carbocycles. The van der Waals surface area contributed by atoms with Gasteiger partial charge in [-0.05, 0) is 12.1 Å². The zero-order chi connectivity index (χ0) is 9.80. The van der Waals surface area contributed by atoms with E-state index in [1.54, 1.807) is 0 Å². The van der Waals surface area contributed by atoms with Gasteiger partial charge in [0.25, 0.3) is 0 Å². The van der Waals surface area contributed by atoms with E-state index < -0.39 is 0 Å². The number of anilines is 1. The molecule has 14 heavy (non-hydrogen) atoms.